The second-order valence-corrected chi connectivity index (χ2v) is 7.55. The van der Waals surface area contributed by atoms with Crippen molar-refractivity contribution in [2.75, 3.05) is 35.5 Å². The van der Waals surface area contributed by atoms with Crippen molar-refractivity contribution in [3.8, 4) is 17.2 Å². The van der Waals surface area contributed by atoms with Gasteiger partial charge in [0.1, 0.15) is 12.4 Å². The van der Waals surface area contributed by atoms with Gasteiger partial charge in [0, 0.05) is 30.1 Å². The van der Waals surface area contributed by atoms with Crippen LogP contribution in [0.4, 0.5) is 21.9 Å². The van der Waals surface area contributed by atoms with Gasteiger partial charge in [0.2, 0.25) is 12.7 Å². The maximum Gasteiger partial charge on any atom is 0.323 e. The lowest BCUT2D eigenvalue weighted by atomic mass is 9.93. The fourth-order valence-electron chi connectivity index (χ4n) is 3.31. The third-order valence-corrected chi connectivity index (χ3v) is 4.87. The Bertz CT molecular complexity index is 973. The summed E-state index contributed by atoms with van der Waals surface area (Å²) in [6.45, 7) is 6.63. The van der Waals surface area contributed by atoms with Crippen molar-refractivity contribution < 1.29 is 23.8 Å². The van der Waals surface area contributed by atoms with Crippen LogP contribution in [0, 0.1) is 5.41 Å². The molecule has 0 fully saturated rings. The summed E-state index contributed by atoms with van der Waals surface area (Å²) >= 11 is 0. The fraction of sp³-hybridized carbons (Fsp3) is 0.333. The highest BCUT2D eigenvalue weighted by molar-refractivity contribution is 6.02. The van der Waals surface area contributed by atoms with Crippen molar-refractivity contribution in [3.63, 3.8) is 0 Å². The molecule has 0 saturated carbocycles. The SMILES string of the molecule is CCN1C(=O)C(C)(C)COc2cc(NC(=O)Nc3ccc4c(c3)OCO4)ccc21. The molecule has 29 heavy (non-hydrogen) atoms. The summed E-state index contributed by atoms with van der Waals surface area (Å²) in [6, 6.07) is 10.0. The van der Waals surface area contributed by atoms with E-state index in [0.29, 0.717) is 40.9 Å². The largest absolute Gasteiger partial charge is 0.490 e. The number of fused-ring (bicyclic) bond motifs is 2. The van der Waals surface area contributed by atoms with Crippen molar-refractivity contribution in [3.05, 3.63) is 36.4 Å². The number of ether oxygens (including phenoxy) is 3. The zero-order valence-corrected chi connectivity index (χ0v) is 16.6. The smallest absolute Gasteiger partial charge is 0.323 e. The topological polar surface area (TPSA) is 89.1 Å². The number of carbonyl (C=O) groups excluding carboxylic acids is 2. The Kier molecular flexibility index (Phi) is 4.70. The first-order valence-electron chi connectivity index (χ1n) is 9.44. The Morgan fingerprint density at radius 3 is 2.38 bits per heavy atom. The minimum absolute atomic E-state index is 0.0139. The van der Waals surface area contributed by atoms with Gasteiger partial charge >= 0.3 is 6.03 Å². The zero-order valence-electron chi connectivity index (χ0n) is 16.6. The van der Waals surface area contributed by atoms with E-state index in [-0.39, 0.29) is 19.3 Å². The van der Waals surface area contributed by atoms with Crippen LogP contribution in [-0.4, -0.2) is 31.9 Å². The number of urea groups is 1. The molecule has 0 unspecified atom stereocenters. The first-order valence-corrected chi connectivity index (χ1v) is 9.44. The molecule has 8 nitrogen and oxygen atoms in total. The molecular formula is C21H23N3O5. The Morgan fingerprint density at radius 2 is 1.66 bits per heavy atom. The van der Waals surface area contributed by atoms with Crippen LogP contribution in [0.3, 0.4) is 0 Å². The summed E-state index contributed by atoms with van der Waals surface area (Å²) in [6.07, 6.45) is 0. The molecule has 0 bridgehead atoms. The Labute approximate surface area is 168 Å². The summed E-state index contributed by atoms with van der Waals surface area (Å²) in [5.74, 6) is 1.82. The minimum Gasteiger partial charge on any atom is -0.490 e. The molecule has 8 heteroatoms. The summed E-state index contributed by atoms with van der Waals surface area (Å²) in [5, 5.41) is 5.55. The van der Waals surface area contributed by atoms with E-state index >= 15 is 0 Å². The normalized spacial score (nSPS) is 16.5. The van der Waals surface area contributed by atoms with E-state index in [4.69, 9.17) is 14.2 Å². The Balaban J connectivity index is 1.50. The van der Waals surface area contributed by atoms with Crippen molar-refractivity contribution in [2.24, 2.45) is 5.41 Å². The van der Waals surface area contributed by atoms with E-state index < -0.39 is 11.4 Å². The van der Waals surface area contributed by atoms with E-state index in [1.807, 2.05) is 20.8 Å². The predicted octanol–water partition coefficient (Wildman–Crippen LogP) is 3.83. The molecule has 0 atom stereocenters. The summed E-state index contributed by atoms with van der Waals surface area (Å²) in [5.41, 5.74) is 1.22. The molecule has 2 aromatic carbocycles. The average molecular weight is 397 g/mol. The van der Waals surface area contributed by atoms with Gasteiger partial charge in [-0.05, 0) is 45.0 Å². The van der Waals surface area contributed by atoms with Crippen LogP contribution >= 0.6 is 0 Å². The van der Waals surface area contributed by atoms with E-state index in [0.717, 1.165) is 0 Å². The van der Waals surface area contributed by atoms with Gasteiger partial charge in [-0.15, -0.1) is 0 Å². The number of carbonyl (C=O) groups is 2. The van der Waals surface area contributed by atoms with Crippen molar-refractivity contribution in [1.82, 2.24) is 0 Å². The van der Waals surface area contributed by atoms with Crippen molar-refractivity contribution >= 4 is 29.0 Å². The predicted molar refractivity (Wildman–Crippen MR) is 109 cm³/mol. The first-order chi connectivity index (χ1) is 13.9. The number of benzene rings is 2. The third-order valence-electron chi connectivity index (χ3n) is 4.87. The lowest BCUT2D eigenvalue weighted by molar-refractivity contribution is -0.127. The molecule has 0 aliphatic carbocycles. The highest BCUT2D eigenvalue weighted by atomic mass is 16.7. The number of rotatable bonds is 3. The van der Waals surface area contributed by atoms with Gasteiger partial charge in [0.15, 0.2) is 11.5 Å². The maximum absolute atomic E-state index is 12.8. The molecule has 2 aliphatic heterocycles. The van der Waals surface area contributed by atoms with Crippen molar-refractivity contribution in [2.45, 2.75) is 20.8 Å². The van der Waals surface area contributed by atoms with Crippen LogP contribution in [-0.2, 0) is 4.79 Å². The lowest BCUT2D eigenvalue weighted by Crippen LogP contribution is -2.42. The minimum atomic E-state index is -0.626. The van der Waals surface area contributed by atoms with Gasteiger partial charge in [-0.1, -0.05) is 0 Å². The quantitative estimate of drug-likeness (QED) is 0.822. The van der Waals surface area contributed by atoms with Gasteiger partial charge in [-0.2, -0.15) is 0 Å². The van der Waals surface area contributed by atoms with E-state index in [2.05, 4.69) is 10.6 Å². The van der Waals surface area contributed by atoms with Crippen LogP contribution < -0.4 is 29.7 Å². The zero-order chi connectivity index (χ0) is 20.6. The molecule has 0 radical (unpaired) electrons. The van der Waals surface area contributed by atoms with E-state index in [1.165, 1.54) is 0 Å². The Hall–Kier alpha value is -3.42. The highest BCUT2D eigenvalue weighted by Gasteiger charge is 2.37. The summed E-state index contributed by atoms with van der Waals surface area (Å²) < 4.78 is 16.5. The van der Waals surface area contributed by atoms with Crippen molar-refractivity contribution in [1.29, 1.82) is 0 Å². The highest BCUT2D eigenvalue weighted by Crippen LogP contribution is 2.38. The van der Waals surface area contributed by atoms with Crippen LogP contribution in [0.25, 0.3) is 0 Å². The van der Waals surface area contributed by atoms with Crippen LogP contribution in [0.2, 0.25) is 0 Å². The first kappa shape index (κ1) is 18.9. The van der Waals surface area contributed by atoms with Crippen LogP contribution in [0.5, 0.6) is 17.2 Å². The molecule has 152 valence electrons. The number of amides is 3. The molecule has 2 aliphatic rings. The number of nitrogens with zero attached hydrogens (tertiary/aromatic N) is 1. The number of anilines is 3. The molecule has 0 saturated heterocycles. The second-order valence-electron chi connectivity index (χ2n) is 7.55. The molecular weight excluding hydrogens is 374 g/mol. The fourth-order valence-corrected chi connectivity index (χ4v) is 3.31. The van der Waals surface area contributed by atoms with E-state index in [1.54, 1.807) is 41.3 Å². The van der Waals surface area contributed by atoms with Gasteiger partial charge < -0.3 is 29.7 Å². The summed E-state index contributed by atoms with van der Waals surface area (Å²) in [7, 11) is 0. The van der Waals surface area contributed by atoms with Gasteiger partial charge in [0.25, 0.3) is 0 Å². The molecule has 4 rings (SSSR count). The molecule has 2 heterocycles. The maximum atomic E-state index is 12.8. The van der Waals surface area contributed by atoms with Gasteiger partial charge in [-0.25, -0.2) is 4.79 Å². The second kappa shape index (κ2) is 7.20. The monoisotopic (exact) mass is 397 g/mol. The number of hydrogen-bond acceptors (Lipinski definition) is 5. The lowest BCUT2D eigenvalue weighted by Gasteiger charge is -2.26. The van der Waals surface area contributed by atoms with Gasteiger partial charge in [-0.3, -0.25) is 4.79 Å². The van der Waals surface area contributed by atoms with Crippen LogP contribution in [0.1, 0.15) is 20.8 Å². The average Bonchev–Trinajstić information content (AvgIpc) is 3.12. The molecule has 2 aromatic rings. The van der Waals surface area contributed by atoms with Crippen LogP contribution in [0.15, 0.2) is 36.4 Å². The number of hydrogen-bond donors (Lipinski definition) is 2. The van der Waals surface area contributed by atoms with Gasteiger partial charge in [0.05, 0.1) is 11.1 Å². The molecule has 0 aromatic heterocycles. The van der Waals surface area contributed by atoms with E-state index in [9.17, 15) is 9.59 Å². The molecule has 2 N–H and O–H groups in total. The molecule has 0 spiro atoms. The third kappa shape index (κ3) is 3.65. The summed E-state index contributed by atoms with van der Waals surface area (Å²) in [4.78, 5) is 26.9. The standard InChI is InChI=1S/C21H23N3O5/c1-4-24-15-7-5-13(9-17(15)27-11-21(2,3)19(24)25)22-20(26)23-14-6-8-16-18(10-14)29-12-28-16/h5-10H,4,11-12H2,1-3H3,(H2,22,23,26). The molecule has 3 amide bonds. The Morgan fingerprint density at radius 1 is 1.00 bits per heavy atom. The number of nitrogens with one attached hydrogen (secondary N) is 2.